The van der Waals surface area contributed by atoms with Crippen LogP contribution in [0.2, 0.25) is 0 Å². The van der Waals surface area contributed by atoms with Gasteiger partial charge in [0.15, 0.2) is 0 Å². The highest BCUT2D eigenvalue weighted by Gasteiger charge is 2.13. The van der Waals surface area contributed by atoms with E-state index in [1.807, 2.05) is 6.92 Å². The number of carbonyl (C=O) groups is 1. The average molecular weight is 176 g/mol. The van der Waals surface area contributed by atoms with Crippen LogP contribution in [0.4, 0.5) is 0 Å². The smallest absolute Gasteiger partial charge is 0.146 e. The molecule has 0 saturated heterocycles. The van der Waals surface area contributed by atoms with Crippen LogP contribution in [0.5, 0.6) is 0 Å². The molecule has 1 nitrogen and oxygen atoms in total. The maximum absolute atomic E-state index is 10.5. The summed E-state index contributed by atoms with van der Waals surface area (Å²) >= 11 is 0. The van der Waals surface area contributed by atoms with Gasteiger partial charge in [-0.1, -0.05) is 36.8 Å². The van der Waals surface area contributed by atoms with Gasteiger partial charge in [0, 0.05) is 5.92 Å². The Morgan fingerprint density at radius 2 is 2.23 bits per heavy atom. The number of hydrogen-bond donors (Lipinski definition) is 0. The van der Waals surface area contributed by atoms with Crippen LogP contribution >= 0.6 is 0 Å². The average Bonchev–Trinajstić information content (AvgIpc) is 2.17. The van der Waals surface area contributed by atoms with Crippen LogP contribution in [0.25, 0.3) is 0 Å². The van der Waals surface area contributed by atoms with Crippen molar-refractivity contribution in [3.63, 3.8) is 0 Å². The summed E-state index contributed by atoms with van der Waals surface area (Å²) in [7, 11) is 0. The van der Waals surface area contributed by atoms with Crippen molar-refractivity contribution in [2.75, 3.05) is 0 Å². The largest absolute Gasteiger partial charge is 0.298 e. The quantitative estimate of drug-likeness (QED) is 0.477. The summed E-state index contributed by atoms with van der Waals surface area (Å²) < 4.78 is 0. The molecule has 0 aromatic carbocycles. The van der Waals surface area contributed by atoms with Crippen molar-refractivity contribution in [3.05, 3.63) is 35.5 Å². The lowest BCUT2D eigenvalue weighted by Gasteiger charge is -2.18. The van der Waals surface area contributed by atoms with Crippen LogP contribution < -0.4 is 0 Å². The molecule has 0 aliphatic heterocycles. The molecule has 1 aliphatic carbocycles. The van der Waals surface area contributed by atoms with Crippen LogP contribution in [0.3, 0.4) is 0 Å². The second-order valence-electron chi connectivity index (χ2n) is 3.67. The van der Waals surface area contributed by atoms with Crippen LogP contribution in [0, 0.1) is 5.92 Å². The van der Waals surface area contributed by atoms with Gasteiger partial charge in [-0.25, -0.2) is 0 Å². The fourth-order valence-corrected chi connectivity index (χ4v) is 1.46. The molecule has 0 spiro atoms. The highest BCUT2D eigenvalue weighted by atomic mass is 16.1. The Kier molecular flexibility index (Phi) is 3.24. The number of aldehydes is 1. The minimum atomic E-state index is 0.210. The van der Waals surface area contributed by atoms with Crippen LogP contribution in [-0.4, -0.2) is 6.29 Å². The lowest BCUT2D eigenvalue weighted by Crippen LogP contribution is -2.05. The molecule has 1 rings (SSSR count). The van der Waals surface area contributed by atoms with Gasteiger partial charge in [0.25, 0.3) is 0 Å². The summed E-state index contributed by atoms with van der Waals surface area (Å²) in [4.78, 5) is 10.5. The molecule has 0 saturated carbocycles. The predicted molar refractivity (Wildman–Crippen MR) is 55.4 cm³/mol. The molecule has 0 radical (unpaired) electrons. The molecule has 0 N–H and O–H groups in total. The van der Waals surface area contributed by atoms with Gasteiger partial charge in [-0.15, -0.1) is 0 Å². The molecule has 0 heterocycles. The summed E-state index contributed by atoms with van der Waals surface area (Å²) in [5.41, 5.74) is 3.41. The molecule has 0 aromatic heterocycles. The van der Waals surface area contributed by atoms with E-state index < -0.39 is 0 Å². The second kappa shape index (κ2) is 4.22. The zero-order valence-electron chi connectivity index (χ0n) is 8.34. The van der Waals surface area contributed by atoms with Crippen LogP contribution in [0.1, 0.15) is 26.7 Å². The molecular weight excluding hydrogens is 160 g/mol. The Labute approximate surface area is 79.8 Å². The third kappa shape index (κ3) is 2.41. The Morgan fingerprint density at radius 3 is 2.69 bits per heavy atom. The van der Waals surface area contributed by atoms with E-state index in [9.17, 15) is 4.79 Å². The van der Waals surface area contributed by atoms with Crippen molar-refractivity contribution in [1.29, 1.82) is 0 Å². The van der Waals surface area contributed by atoms with Gasteiger partial charge >= 0.3 is 0 Å². The zero-order valence-corrected chi connectivity index (χ0v) is 8.34. The van der Waals surface area contributed by atoms with E-state index in [4.69, 9.17) is 0 Å². The third-order valence-corrected chi connectivity index (χ3v) is 2.65. The van der Waals surface area contributed by atoms with E-state index in [1.165, 1.54) is 11.1 Å². The molecule has 1 heteroatoms. The number of carbonyl (C=O) groups excluding carboxylic acids is 1. The van der Waals surface area contributed by atoms with Crippen molar-refractivity contribution < 1.29 is 4.79 Å². The molecular formula is C12H16O. The second-order valence-corrected chi connectivity index (χ2v) is 3.67. The van der Waals surface area contributed by atoms with E-state index in [0.717, 1.165) is 19.1 Å². The molecule has 0 bridgehead atoms. The van der Waals surface area contributed by atoms with E-state index in [-0.39, 0.29) is 5.92 Å². The molecule has 13 heavy (non-hydrogen) atoms. The summed E-state index contributed by atoms with van der Waals surface area (Å²) in [6.07, 6.45) is 7.29. The van der Waals surface area contributed by atoms with Gasteiger partial charge in [-0.05, 0) is 25.3 Å². The Morgan fingerprint density at radius 1 is 1.54 bits per heavy atom. The van der Waals surface area contributed by atoms with Gasteiger partial charge < -0.3 is 0 Å². The first-order chi connectivity index (χ1) is 6.15. The molecule has 70 valence electrons. The minimum absolute atomic E-state index is 0.210. The molecule has 0 aromatic rings. The maximum atomic E-state index is 10.5. The van der Waals surface area contributed by atoms with Gasteiger partial charge in [0.1, 0.15) is 6.29 Å². The van der Waals surface area contributed by atoms with Gasteiger partial charge in [-0.2, -0.15) is 0 Å². The van der Waals surface area contributed by atoms with E-state index >= 15 is 0 Å². The maximum Gasteiger partial charge on any atom is 0.146 e. The van der Waals surface area contributed by atoms with Gasteiger partial charge in [-0.3, -0.25) is 4.79 Å². The highest BCUT2D eigenvalue weighted by Crippen LogP contribution is 2.26. The molecule has 0 fully saturated rings. The van der Waals surface area contributed by atoms with E-state index in [1.54, 1.807) is 0 Å². The first kappa shape index (κ1) is 9.97. The van der Waals surface area contributed by atoms with Crippen molar-refractivity contribution in [1.82, 2.24) is 0 Å². The topological polar surface area (TPSA) is 17.1 Å². The summed E-state index contributed by atoms with van der Waals surface area (Å²) in [6.45, 7) is 7.91. The molecule has 1 unspecified atom stereocenters. The Bertz CT molecular complexity index is 281. The molecule has 1 atom stereocenters. The van der Waals surface area contributed by atoms with Crippen LogP contribution in [-0.2, 0) is 4.79 Å². The van der Waals surface area contributed by atoms with Crippen LogP contribution in [0.15, 0.2) is 35.5 Å². The molecule has 1 aliphatic rings. The van der Waals surface area contributed by atoms with E-state index in [2.05, 4.69) is 25.7 Å². The standard InChI is InChI=1S/C12H16O/c1-9-4-6-12(7-5-9)11(3)10(2)8-13/h4,6,8,11H,2,5,7H2,1,3H3. The Balaban J connectivity index is 2.73. The van der Waals surface area contributed by atoms with Gasteiger partial charge in [0.05, 0.1) is 0 Å². The summed E-state index contributed by atoms with van der Waals surface area (Å²) in [6, 6.07) is 0. The summed E-state index contributed by atoms with van der Waals surface area (Å²) in [5.74, 6) is 0.210. The lowest BCUT2D eigenvalue weighted by atomic mass is 9.87. The SMILES string of the molecule is C=C(C=O)C(C)C1=CC=C(C)CC1. The summed E-state index contributed by atoms with van der Waals surface area (Å²) in [5, 5.41) is 0. The predicted octanol–water partition coefficient (Wildman–Crippen LogP) is 3.04. The number of rotatable bonds is 3. The fourth-order valence-electron chi connectivity index (χ4n) is 1.46. The fraction of sp³-hybridized carbons (Fsp3) is 0.417. The first-order valence-corrected chi connectivity index (χ1v) is 4.65. The third-order valence-electron chi connectivity index (χ3n) is 2.65. The normalized spacial score (nSPS) is 18.6. The first-order valence-electron chi connectivity index (χ1n) is 4.65. The minimum Gasteiger partial charge on any atom is -0.298 e. The lowest BCUT2D eigenvalue weighted by molar-refractivity contribution is -0.105. The van der Waals surface area contributed by atoms with E-state index in [0.29, 0.717) is 5.57 Å². The van der Waals surface area contributed by atoms with Crippen molar-refractivity contribution >= 4 is 6.29 Å². The molecule has 0 amide bonds. The Hall–Kier alpha value is -1.11. The van der Waals surface area contributed by atoms with Crippen molar-refractivity contribution in [3.8, 4) is 0 Å². The highest BCUT2D eigenvalue weighted by molar-refractivity contribution is 5.73. The van der Waals surface area contributed by atoms with Gasteiger partial charge in [0.2, 0.25) is 0 Å². The van der Waals surface area contributed by atoms with Crippen molar-refractivity contribution in [2.24, 2.45) is 5.92 Å². The number of hydrogen-bond acceptors (Lipinski definition) is 1. The van der Waals surface area contributed by atoms with Crippen molar-refractivity contribution in [2.45, 2.75) is 26.7 Å². The number of allylic oxidation sites excluding steroid dienone is 5. The zero-order chi connectivity index (χ0) is 9.84. The monoisotopic (exact) mass is 176 g/mol.